The van der Waals surface area contributed by atoms with Gasteiger partial charge in [0.2, 0.25) is 0 Å². The van der Waals surface area contributed by atoms with Crippen LogP contribution in [0.2, 0.25) is 0 Å². The summed E-state index contributed by atoms with van der Waals surface area (Å²) in [7, 11) is 0. The maximum atomic E-state index is 3.79. The molecule has 3 heterocycles. The Labute approximate surface area is 101 Å². The maximum Gasteiger partial charge on any atom is 0.0459 e. The number of hydrogen-bond donors (Lipinski definition) is 2. The highest BCUT2D eigenvalue weighted by Gasteiger charge is 2.32. The second-order valence-electron chi connectivity index (χ2n) is 5.62. The summed E-state index contributed by atoms with van der Waals surface area (Å²) in [5, 5.41) is 5.23. The fourth-order valence-corrected chi connectivity index (χ4v) is 3.60. The van der Waals surface area contributed by atoms with Gasteiger partial charge in [-0.25, -0.2) is 0 Å². The van der Waals surface area contributed by atoms with Gasteiger partial charge in [0.25, 0.3) is 0 Å². The van der Waals surface area contributed by atoms with Crippen LogP contribution < -0.4 is 5.32 Å². The number of aryl methyl sites for hydroxylation is 1. The smallest absolute Gasteiger partial charge is 0.0459 e. The molecule has 0 radical (unpaired) electrons. The van der Waals surface area contributed by atoms with Gasteiger partial charge in [-0.3, -0.25) is 0 Å². The standard InChI is InChI=1S/C15H18N2/c1-9-5-6-12-11(7-9)15-13-4-2-3-10(16-13)8-14(15)17-12/h5-7,10,13,16-17H,2-4,8H2,1H3. The van der Waals surface area contributed by atoms with E-state index in [2.05, 4.69) is 35.4 Å². The second-order valence-corrected chi connectivity index (χ2v) is 5.62. The Morgan fingerprint density at radius 3 is 3.12 bits per heavy atom. The lowest BCUT2D eigenvalue weighted by Crippen LogP contribution is -2.42. The molecule has 0 spiro atoms. The number of rotatable bonds is 0. The molecule has 2 unspecified atom stereocenters. The first-order valence-electron chi connectivity index (χ1n) is 6.68. The zero-order chi connectivity index (χ0) is 11.4. The van der Waals surface area contributed by atoms with Crippen molar-refractivity contribution >= 4 is 10.9 Å². The second kappa shape index (κ2) is 3.36. The molecule has 2 aromatic rings. The van der Waals surface area contributed by atoms with E-state index in [9.17, 15) is 0 Å². The van der Waals surface area contributed by atoms with E-state index in [0.717, 1.165) is 0 Å². The van der Waals surface area contributed by atoms with Crippen LogP contribution >= 0.6 is 0 Å². The summed E-state index contributed by atoms with van der Waals surface area (Å²) >= 11 is 0. The van der Waals surface area contributed by atoms with E-state index in [1.165, 1.54) is 47.8 Å². The molecule has 1 saturated heterocycles. The third-order valence-corrected chi connectivity index (χ3v) is 4.36. The normalized spacial score (nSPS) is 27.1. The minimum Gasteiger partial charge on any atom is -0.358 e. The van der Waals surface area contributed by atoms with Crippen LogP contribution in [-0.2, 0) is 6.42 Å². The Balaban J connectivity index is 1.98. The minimum atomic E-state index is 0.591. The summed E-state index contributed by atoms with van der Waals surface area (Å²) < 4.78 is 0. The van der Waals surface area contributed by atoms with Crippen molar-refractivity contribution in [1.82, 2.24) is 10.3 Å². The number of fused-ring (bicyclic) bond motifs is 6. The summed E-state index contributed by atoms with van der Waals surface area (Å²) in [5.41, 5.74) is 5.71. The van der Waals surface area contributed by atoms with Crippen molar-refractivity contribution < 1.29 is 0 Å². The lowest BCUT2D eigenvalue weighted by Gasteiger charge is -2.36. The van der Waals surface area contributed by atoms with Gasteiger partial charge in [-0.15, -0.1) is 0 Å². The van der Waals surface area contributed by atoms with Crippen LogP contribution in [0.15, 0.2) is 18.2 Å². The van der Waals surface area contributed by atoms with E-state index in [0.29, 0.717) is 12.1 Å². The molecule has 0 saturated carbocycles. The van der Waals surface area contributed by atoms with E-state index in [1.54, 1.807) is 5.56 Å². The Kier molecular flexibility index (Phi) is 1.92. The van der Waals surface area contributed by atoms with Gasteiger partial charge in [0, 0.05) is 35.1 Å². The molecular weight excluding hydrogens is 208 g/mol. The van der Waals surface area contributed by atoms with Gasteiger partial charge in [0.05, 0.1) is 0 Å². The Morgan fingerprint density at radius 2 is 2.18 bits per heavy atom. The summed E-state index contributed by atoms with van der Waals surface area (Å²) in [6.45, 7) is 2.18. The molecule has 2 bridgehead atoms. The molecular formula is C15H18N2. The number of piperidine rings is 1. The predicted octanol–water partition coefficient (Wildman–Crippen LogP) is 3.22. The molecule has 1 aromatic carbocycles. The SMILES string of the molecule is Cc1ccc2[nH]c3c(c2c1)C1CCCC(C3)N1. The summed E-state index contributed by atoms with van der Waals surface area (Å²) in [5.74, 6) is 0. The minimum absolute atomic E-state index is 0.591. The van der Waals surface area contributed by atoms with Crippen molar-refractivity contribution in [1.29, 1.82) is 0 Å². The summed E-state index contributed by atoms with van der Waals surface area (Å²) in [4.78, 5) is 3.63. The maximum absolute atomic E-state index is 3.79. The quantitative estimate of drug-likeness (QED) is 0.709. The summed E-state index contributed by atoms with van der Waals surface area (Å²) in [6.07, 6.45) is 5.19. The molecule has 88 valence electrons. The van der Waals surface area contributed by atoms with Crippen LogP contribution in [0, 0.1) is 6.92 Å². The van der Waals surface area contributed by atoms with Crippen LogP contribution in [0.4, 0.5) is 0 Å². The molecule has 2 atom stereocenters. The van der Waals surface area contributed by atoms with Crippen molar-refractivity contribution in [3.8, 4) is 0 Å². The average molecular weight is 226 g/mol. The highest BCUT2D eigenvalue weighted by Crippen LogP contribution is 2.38. The van der Waals surface area contributed by atoms with Crippen molar-refractivity contribution in [2.75, 3.05) is 0 Å². The van der Waals surface area contributed by atoms with E-state index in [1.807, 2.05) is 0 Å². The number of nitrogens with one attached hydrogen (secondary N) is 2. The van der Waals surface area contributed by atoms with Gasteiger partial charge in [-0.2, -0.15) is 0 Å². The molecule has 2 heteroatoms. The lowest BCUT2D eigenvalue weighted by atomic mass is 9.84. The van der Waals surface area contributed by atoms with Crippen LogP contribution in [0.3, 0.4) is 0 Å². The van der Waals surface area contributed by atoms with Crippen LogP contribution in [-0.4, -0.2) is 11.0 Å². The zero-order valence-corrected chi connectivity index (χ0v) is 10.2. The Hall–Kier alpha value is -1.28. The van der Waals surface area contributed by atoms with Crippen LogP contribution in [0.1, 0.15) is 42.1 Å². The number of H-pyrrole nitrogens is 1. The number of benzene rings is 1. The van der Waals surface area contributed by atoms with Gasteiger partial charge in [0.15, 0.2) is 0 Å². The van der Waals surface area contributed by atoms with Crippen LogP contribution in [0.25, 0.3) is 10.9 Å². The first kappa shape index (κ1) is 9.72. The van der Waals surface area contributed by atoms with Crippen molar-refractivity contribution in [3.05, 3.63) is 35.0 Å². The highest BCUT2D eigenvalue weighted by molar-refractivity contribution is 5.86. The number of aromatic amines is 1. The van der Waals surface area contributed by atoms with E-state index in [4.69, 9.17) is 0 Å². The summed E-state index contributed by atoms with van der Waals surface area (Å²) in [6, 6.07) is 8.06. The average Bonchev–Trinajstić information content (AvgIpc) is 2.66. The molecule has 2 aliphatic heterocycles. The Morgan fingerprint density at radius 1 is 1.24 bits per heavy atom. The molecule has 0 aliphatic carbocycles. The van der Waals surface area contributed by atoms with Gasteiger partial charge < -0.3 is 10.3 Å². The fraction of sp³-hybridized carbons (Fsp3) is 0.467. The third-order valence-electron chi connectivity index (χ3n) is 4.36. The molecule has 1 fully saturated rings. The third kappa shape index (κ3) is 1.37. The molecule has 4 rings (SSSR count). The van der Waals surface area contributed by atoms with E-state index >= 15 is 0 Å². The van der Waals surface area contributed by atoms with Gasteiger partial charge in [0.1, 0.15) is 0 Å². The lowest BCUT2D eigenvalue weighted by molar-refractivity contribution is 0.302. The molecule has 2 aliphatic rings. The van der Waals surface area contributed by atoms with Crippen molar-refractivity contribution in [2.24, 2.45) is 0 Å². The molecule has 2 N–H and O–H groups in total. The highest BCUT2D eigenvalue weighted by atomic mass is 15.0. The number of hydrogen-bond acceptors (Lipinski definition) is 1. The van der Waals surface area contributed by atoms with Gasteiger partial charge in [-0.1, -0.05) is 11.6 Å². The molecule has 0 amide bonds. The number of aromatic nitrogens is 1. The van der Waals surface area contributed by atoms with E-state index in [-0.39, 0.29) is 0 Å². The largest absolute Gasteiger partial charge is 0.358 e. The van der Waals surface area contributed by atoms with E-state index < -0.39 is 0 Å². The van der Waals surface area contributed by atoms with Crippen molar-refractivity contribution in [2.45, 2.75) is 44.7 Å². The monoisotopic (exact) mass is 226 g/mol. The molecule has 1 aromatic heterocycles. The topological polar surface area (TPSA) is 27.8 Å². The first-order chi connectivity index (χ1) is 8.31. The molecule has 17 heavy (non-hydrogen) atoms. The van der Waals surface area contributed by atoms with Gasteiger partial charge >= 0.3 is 0 Å². The van der Waals surface area contributed by atoms with Crippen LogP contribution in [0.5, 0.6) is 0 Å². The predicted molar refractivity (Wildman–Crippen MR) is 70.3 cm³/mol. The van der Waals surface area contributed by atoms with Gasteiger partial charge in [-0.05, 0) is 43.9 Å². The molecule has 2 nitrogen and oxygen atoms in total. The first-order valence-corrected chi connectivity index (χ1v) is 6.68. The fourth-order valence-electron chi connectivity index (χ4n) is 3.60. The Bertz CT molecular complexity index is 582. The van der Waals surface area contributed by atoms with Crippen molar-refractivity contribution in [3.63, 3.8) is 0 Å². The zero-order valence-electron chi connectivity index (χ0n) is 10.2.